The summed E-state index contributed by atoms with van der Waals surface area (Å²) in [6, 6.07) is 11.4. The van der Waals surface area contributed by atoms with E-state index in [2.05, 4.69) is 20.3 Å². The van der Waals surface area contributed by atoms with Crippen molar-refractivity contribution in [2.45, 2.75) is 6.92 Å². The van der Waals surface area contributed by atoms with Gasteiger partial charge in [0.15, 0.2) is 0 Å². The maximum atomic E-state index is 8.72. The second kappa shape index (κ2) is 4.36. The van der Waals surface area contributed by atoms with Gasteiger partial charge in [-0.05, 0) is 19.1 Å². The summed E-state index contributed by atoms with van der Waals surface area (Å²) < 4.78 is 0. The summed E-state index contributed by atoms with van der Waals surface area (Å²) in [7, 11) is 0. The number of rotatable bonds is 2. The summed E-state index contributed by atoms with van der Waals surface area (Å²) in [6.07, 6.45) is 0. The Kier molecular flexibility index (Phi) is 2.74. The summed E-state index contributed by atoms with van der Waals surface area (Å²) >= 11 is 0. The van der Waals surface area contributed by atoms with E-state index in [1.807, 2.05) is 36.4 Å². The molecular weight excluding hydrogens is 202 g/mol. The molecule has 0 spiro atoms. The van der Waals surface area contributed by atoms with E-state index in [0.717, 1.165) is 5.69 Å². The lowest BCUT2D eigenvalue weighted by molar-refractivity contribution is 0.959. The number of aromatic nitrogens is 3. The van der Waals surface area contributed by atoms with Gasteiger partial charge in [-0.15, -0.1) is 0 Å². The third-order valence-corrected chi connectivity index (χ3v) is 1.88. The number of anilines is 2. The van der Waals surface area contributed by atoms with Crippen LogP contribution in [0.3, 0.4) is 0 Å². The first kappa shape index (κ1) is 10.1. The minimum Gasteiger partial charge on any atom is -0.324 e. The van der Waals surface area contributed by atoms with Gasteiger partial charge in [0.25, 0.3) is 0 Å². The number of benzene rings is 1. The molecule has 0 unspecified atom stereocenters. The fourth-order valence-corrected chi connectivity index (χ4v) is 1.24. The SMILES string of the molecule is Cc1nc(C#N)nc(Nc2ccccc2)n1. The van der Waals surface area contributed by atoms with Crippen molar-refractivity contribution in [1.29, 1.82) is 5.26 Å². The minimum atomic E-state index is 0.117. The van der Waals surface area contributed by atoms with E-state index in [9.17, 15) is 0 Å². The molecule has 2 rings (SSSR count). The molecule has 1 N–H and O–H groups in total. The van der Waals surface area contributed by atoms with E-state index < -0.39 is 0 Å². The van der Waals surface area contributed by atoms with Crippen LogP contribution < -0.4 is 5.32 Å². The van der Waals surface area contributed by atoms with E-state index in [0.29, 0.717) is 11.8 Å². The van der Waals surface area contributed by atoms with Crippen LogP contribution in [-0.2, 0) is 0 Å². The standard InChI is InChI=1S/C11H9N5/c1-8-13-10(7-12)16-11(14-8)15-9-5-3-2-4-6-9/h2-6H,1H3,(H,13,14,15,16). The van der Waals surface area contributed by atoms with Gasteiger partial charge in [0.05, 0.1) is 0 Å². The van der Waals surface area contributed by atoms with Crippen LogP contribution in [-0.4, -0.2) is 15.0 Å². The Bertz CT molecular complexity index is 530. The third-order valence-electron chi connectivity index (χ3n) is 1.88. The third kappa shape index (κ3) is 2.30. The van der Waals surface area contributed by atoms with Crippen molar-refractivity contribution in [3.63, 3.8) is 0 Å². The molecule has 0 bridgehead atoms. The van der Waals surface area contributed by atoms with Crippen LogP contribution in [0.1, 0.15) is 11.6 Å². The fourth-order valence-electron chi connectivity index (χ4n) is 1.24. The highest BCUT2D eigenvalue weighted by Crippen LogP contribution is 2.11. The number of hydrogen-bond donors (Lipinski definition) is 1. The van der Waals surface area contributed by atoms with Crippen molar-refractivity contribution in [3.8, 4) is 6.07 Å². The quantitative estimate of drug-likeness (QED) is 0.819. The zero-order valence-electron chi connectivity index (χ0n) is 8.68. The van der Waals surface area contributed by atoms with E-state index >= 15 is 0 Å². The van der Waals surface area contributed by atoms with E-state index in [4.69, 9.17) is 5.26 Å². The molecular formula is C11H9N5. The predicted octanol–water partition coefficient (Wildman–Crippen LogP) is 1.80. The Morgan fingerprint density at radius 2 is 1.88 bits per heavy atom. The normalized spacial score (nSPS) is 9.50. The molecule has 0 radical (unpaired) electrons. The maximum Gasteiger partial charge on any atom is 0.237 e. The summed E-state index contributed by atoms with van der Waals surface area (Å²) in [6.45, 7) is 1.72. The van der Waals surface area contributed by atoms with Crippen molar-refractivity contribution in [2.75, 3.05) is 5.32 Å². The molecule has 0 atom stereocenters. The minimum absolute atomic E-state index is 0.117. The summed E-state index contributed by atoms with van der Waals surface area (Å²) in [5.74, 6) is 1.02. The van der Waals surface area contributed by atoms with Crippen molar-refractivity contribution < 1.29 is 0 Å². The zero-order chi connectivity index (χ0) is 11.4. The number of nitrogens with zero attached hydrogens (tertiary/aromatic N) is 4. The molecule has 0 saturated carbocycles. The van der Waals surface area contributed by atoms with Crippen molar-refractivity contribution in [1.82, 2.24) is 15.0 Å². The van der Waals surface area contributed by atoms with Gasteiger partial charge in [0, 0.05) is 5.69 Å². The van der Waals surface area contributed by atoms with Gasteiger partial charge >= 0.3 is 0 Å². The van der Waals surface area contributed by atoms with Gasteiger partial charge in [0.2, 0.25) is 11.8 Å². The summed E-state index contributed by atoms with van der Waals surface area (Å²) in [5, 5.41) is 11.7. The van der Waals surface area contributed by atoms with Gasteiger partial charge in [-0.25, -0.2) is 4.98 Å². The molecule has 16 heavy (non-hydrogen) atoms. The topological polar surface area (TPSA) is 74.5 Å². The first-order valence-electron chi connectivity index (χ1n) is 4.73. The van der Waals surface area contributed by atoms with Gasteiger partial charge in [0.1, 0.15) is 11.9 Å². The molecule has 0 aliphatic rings. The van der Waals surface area contributed by atoms with Crippen LogP contribution in [0.2, 0.25) is 0 Å². The second-order valence-electron chi connectivity index (χ2n) is 3.13. The van der Waals surface area contributed by atoms with E-state index in [-0.39, 0.29) is 5.82 Å². The highest BCUT2D eigenvalue weighted by molar-refractivity contribution is 5.52. The molecule has 0 fully saturated rings. The van der Waals surface area contributed by atoms with Gasteiger partial charge in [-0.3, -0.25) is 0 Å². The molecule has 1 aromatic carbocycles. The molecule has 0 aliphatic carbocycles. The first-order chi connectivity index (χ1) is 7.78. The van der Waals surface area contributed by atoms with Crippen molar-refractivity contribution >= 4 is 11.6 Å². The molecule has 78 valence electrons. The molecule has 2 aromatic rings. The second-order valence-corrected chi connectivity index (χ2v) is 3.13. The molecule has 1 aromatic heterocycles. The monoisotopic (exact) mass is 211 g/mol. The lowest BCUT2D eigenvalue weighted by Crippen LogP contribution is -2.03. The summed E-state index contributed by atoms with van der Waals surface area (Å²) in [4.78, 5) is 11.9. The van der Waals surface area contributed by atoms with Gasteiger partial charge in [-0.2, -0.15) is 15.2 Å². The van der Waals surface area contributed by atoms with Gasteiger partial charge in [-0.1, -0.05) is 18.2 Å². The average molecular weight is 211 g/mol. The number of nitriles is 1. The molecule has 5 nitrogen and oxygen atoms in total. The fraction of sp³-hybridized carbons (Fsp3) is 0.0909. The number of nitrogens with one attached hydrogen (secondary N) is 1. The highest BCUT2D eigenvalue weighted by Gasteiger charge is 2.02. The largest absolute Gasteiger partial charge is 0.324 e. The highest BCUT2D eigenvalue weighted by atomic mass is 15.2. The van der Waals surface area contributed by atoms with Crippen LogP contribution in [0.15, 0.2) is 30.3 Å². The molecule has 1 heterocycles. The number of aryl methyl sites for hydroxylation is 1. The average Bonchev–Trinajstić information content (AvgIpc) is 2.29. The number of hydrogen-bond acceptors (Lipinski definition) is 5. The smallest absolute Gasteiger partial charge is 0.237 e. The van der Waals surface area contributed by atoms with Crippen LogP contribution in [0, 0.1) is 18.3 Å². The Hall–Kier alpha value is -2.48. The van der Waals surface area contributed by atoms with E-state index in [1.54, 1.807) is 6.92 Å². The maximum absolute atomic E-state index is 8.72. The molecule has 0 amide bonds. The molecule has 0 aliphatic heterocycles. The Labute approximate surface area is 92.8 Å². The lowest BCUT2D eigenvalue weighted by Gasteiger charge is -2.04. The van der Waals surface area contributed by atoms with E-state index in [1.165, 1.54) is 0 Å². The first-order valence-corrected chi connectivity index (χ1v) is 4.73. The zero-order valence-corrected chi connectivity index (χ0v) is 8.68. The lowest BCUT2D eigenvalue weighted by atomic mass is 10.3. The Morgan fingerprint density at radius 1 is 1.12 bits per heavy atom. The van der Waals surface area contributed by atoms with Crippen LogP contribution in [0.25, 0.3) is 0 Å². The van der Waals surface area contributed by atoms with Crippen LogP contribution in [0.5, 0.6) is 0 Å². The summed E-state index contributed by atoms with van der Waals surface area (Å²) in [5.41, 5.74) is 0.872. The van der Waals surface area contributed by atoms with Crippen LogP contribution >= 0.6 is 0 Å². The van der Waals surface area contributed by atoms with Crippen molar-refractivity contribution in [3.05, 3.63) is 42.0 Å². The Balaban J connectivity index is 2.29. The predicted molar refractivity (Wildman–Crippen MR) is 59.0 cm³/mol. The van der Waals surface area contributed by atoms with Crippen molar-refractivity contribution in [2.24, 2.45) is 0 Å². The molecule has 5 heteroatoms. The molecule has 0 saturated heterocycles. The Morgan fingerprint density at radius 3 is 2.56 bits per heavy atom. The van der Waals surface area contributed by atoms with Gasteiger partial charge < -0.3 is 5.32 Å². The van der Waals surface area contributed by atoms with Crippen LogP contribution in [0.4, 0.5) is 11.6 Å². The number of para-hydroxylation sites is 1.